The van der Waals surface area contributed by atoms with Crippen LogP contribution in [0.2, 0.25) is 0 Å². The summed E-state index contributed by atoms with van der Waals surface area (Å²) in [6, 6.07) is 0.262. The first-order valence-electron chi connectivity index (χ1n) is 7.10. The summed E-state index contributed by atoms with van der Waals surface area (Å²) in [5.74, 6) is 0.610. The average Bonchev–Trinajstić information content (AvgIpc) is 2.33. The monoisotopic (exact) mass is 242 g/mol. The number of ketones is 1. The highest BCUT2D eigenvalue weighted by Crippen LogP contribution is 2.11. The van der Waals surface area contributed by atoms with Gasteiger partial charge in [0.1, 0.15) is 5.78 Å². The quantitative estimate of drug-likeness (QED) is 0.547. The van der Waals surface area contributed by atoms with E-state index >= 15 is 0 Å². The minimum absolute atomic E-state index is 0.218. The fourth-order valence-corrected chi connectivity index (χ4v) is 1.88. The van der Waals surface area contributed by atoms with Crippen LogP contribution in [0.5, 0.6) is 0 Å². The van der Waals surface area contributed by atoms with E-state index in [9.17, 15) is 4.79 Å². The third-order valence-electron chi connectivity index (χ3n) is 3.44. The molecule has 4 N–H and O–H groups in total. The molecular weight excluding hydrogens is 212 g/mol. The number of Topliss-reactive ketones (excluding diaryl/α,β-unsaturated/α-hetero) is 1. The SMILES string of the molecule is CCC(C)C(=O)CCCC(N)CCCCCN. The third-order valence-corrected chi connectivity index (χ3v) is 3.44. The molecule has 0 heterocycles. The van der Waals surface area contributed by atoms with Crippen LogP contribution in [0.1, 0.15) is 65.2 Å². The van der Waals surface area contributed by atoms with E-state index in [0.29, 0.717) is 12.2 Å². The molecular formula is C14H30N2O. The Morgan fingerprint density at radius 1 is 1.12 bits per heavy atom. The zero-order valence-electron chi connectivity index (χ0n) is 11.6. The maximum Gasteiger partial charge on any atom is 0.135 e. The molecule has 0 spiro atoms. The van der Waals surface area contributed by atoms with E-state index in [1.54, 1.807) is 0 Å². The van der Waals surface area contributed by atoms with Crippen molar-refractivity contribution in [1.82, 2.24) is 0 Å². The van der Waals surface area contributed by atoms with Gasteiger partial charge in [0.05, 0.1) is 0 Å². The summed E-state index contributed by atoms with van der Waals surface area (Å²) in [7, 11) is 0. The van der Waals surface area contributed by atoms with E-state index in [-0.39, 0.29) is 12.0 Å². The third kappa shape index (κ3) is 9.31. The first kappa shape index (κ1) is 16.6. The van der Waals surface area contributed by atoms with Crippen molar-refractivity contribution in [1.29, 1.82) is 0 Å². The Hall–Kier alpha value is -0.410. The lowest BCUT2D eigenvalue weighted by Crippen LogP contribution is -2.20. The van der Waals surface area contributed by atoms with Crippen LogP contribution in [0.3, 0.4) is 0 Å². The van der Waals surface area contributed by atoms with Crippen molar-refractivity contribution < 1.29 is 4.79 Å². The highest BCUT2D eigenvalue weighted by Gasteiger charge is 2.10. The van der Waals surface area contributed by atoms with Crippen molar-refractivity contribution in [2.24, 2.45) is 17.4 Å². The molecule has 0 fully saturated rings. The predicted molar refractivity (Wildman–Crippen MR) is 73.8 cm³/mol. The molecule has 0 aliphatic heterocycles. The second-order valence-electron chi connectivity index (χ2n) is 5.07. The molecule has 0 rings (SSSR count). The molecule has 2 atom stereocenters. The van der Waals surface area contributed by atoms with E-state index in [0.717, 1.165) is 45.1 Å². The van der Waals surface area contributed by atoms with Crippen LogP contribution in [-0.2, 0) is 4.79 Å². The molecule has 2 unspecified atom stereocenters. The second-order valence-corrected chi connectivity index (χ2v) is 5.07. The molecule has 0 aliphatic carbocycles. The first-order valence-corrected chi connectivity index (χ1v) is 7.10. The van der Waals surface area contributed by atoms with Gasteiger partial charge in [-0.3, -0.25) is 4.79 Å². The molecule has 0 aromatic carbocycles. The first-order chi connectivity index (χ1) is 8.11. The van der Waals surface area contributed by atoms with Gasteiger partial charge in [0, 0.05) is 18.4 Å². The van der Waals surface area contributed by atoms with E-state index in [1.165, 1.54) is 6.42 Å². The van der Waals surface area contributed by atoms with Crippen molar-refractivity contribution in [2.45, 2.75) is 71.3 Å². The largest absolute Gasteiger partial charge is 0.330 e. The van der Waals surface area contributed by atoms with Gasteiger partial charge in [-0.1, -0.05) is 26.7 Å². The van der Waals surface area contributed by atoms with Gasteiger partial charge in [0.15, 0.2) is 0 Å². The van der Waals surface area contributed by atoms with Gasteiger partial charge in [-0.05, 0) is 38.6 Å². The Balaban J connectivity index is 3.44. The molecule has 0 amide bonds. The van der Waals surface area contributed by atoms with Crippen molar-refractivity contribution in [3.8, 4) is 0 Å². The standard InChI is InChI=1S/C14H30N2O/c1-3-12(2)14(17)10-7-9-13(16)8-5-4-6-11-15/h12-13H,3-11,15-16H2,1-2H3. The number of unbranched alkanes of at least 4 members (excludes halogenated alkanes) is 2. The van der Waals surface area contributed by atoms with Gasteiger partial charge < -0.3 is 11.5 Å². The zero-order chi connectivity index (χ0) is 13.1. The summed E-state index contributed by atoms with van der Waals surface area (Å²) in [5, 5.41) is 0. The lowest BCUT2D eigenvalue weighted by Gasteiger charge is -2.12. The maximum atomic E-state index is 11.6. The van der Waals surface area contributed by atoms with Gasteiger partial charge in [0.2, 0.25) is 0 Å². The number of rotatable bonds is 11. The lowest BCUT2D eigenvalue weighted by molar-refractivity contribution is -0.122. The summed E-state index contributed by atoms with van der Waals surface area (Å²) in [4.78, 5) is 11.6. The van der Waals surface area contributed by atoms with Gasteiger partial charge in [-0.15, -0.1) is 0 Å². The lowest BCUT2D eigenvalue weighted by atomic mass is 9.97. The predicted octanol–water partition coefficient (Wildman–Crippen LogP) is 2.62. The number of carbonyl (C=O) groups is 1. The number of nitrogens with two attached hydrogens (primary N) is 2. The summed E-state index contributed by atoms with van der Waals surface area (Å²) in [6.07, 6.45) is 8.08. The maximum absolute atomic E-state index is 11.6. The van der Waals surface area contributed by atoms with Crippen molar-refractivity contribution in [3.63, 3.8) is 0 Å². The fourth-order valence-electron chi connectivity index (χ4n) is 1.88. The van der Waals surface area contributed by atoms with Gasteiger partial charge in [-0.2, -0.15) is 0 Å². The van der Waals surface area contributed by atoms with Crippen molar-refractivity contribution in [3.05, 3.63) is 0 Å². The van der Waals surface area contributed by atoms with E-state index in [2.05, 4.69) is 6.92 Å². The topological polar surface area (TPSA) is 69.1 Å². The Morgan fingerprint density at radius 2 is 1.76 bits per heavy atom. The molecule has 17 heavy (non-hydrogen) atoms. The van der Waals surface area contributed by atoms with Gasteiger partial charge >= 0.3 is 0 Å². The zero-order valence-corrected chi connectivity index (χ0v) is 11.6. The summed E-state index contributed by atoms with van der Waals surface area (Å²) in [5.41, 5.74) is 11.4. The summed E-state index contributed by atoms with van der Waals surface area (Å²) >= 11 is 0. The van der Waals surface area contributed by atoms with E-state index in [4.69, 9.17) is 11.5 Å². The van der Waals surface area contributed by atoms with Crippen LogP contribution in [-0.4, -0.2) is 18.4 Å². The van der Waals surface area contributed by atoms with Crippen LogP contribution < -0.4 is 11.5 Å². The second kappa shape index (κ2) is 10.7. The Labute approximate surface area is 106 Å². The average molecular weight is 242 g/mol. The van der Waals surface area contributed by atoms with Crippen LogP contribution in [0.4, 0.5) is 0 Å². The number of carbonyl (C=O) groups excluding carboxylic acids is 1. The Bertz CT molecular complexity index is 195. The highest BCUT2D eigenvalue weighted by molar-refractivity contribution is 5.80. The molecule has 0 aromatic heterocycles. The Kier molecular flexibility index (Phi) is 10.5. The number of hydrogen-bond donors (Lipinski definition) is 2. The molecule has 0 bridgehead atoms. The molecule has 0 radical (unpaired) electrons. The van der Waals surface area contributed by atoms with Crippen LogP contribution >= 0.6 is 0 Å². The fraction of sp³-hybridized carbons (Fsp3) is 0.929. The van der Waals surface area contributed by atoms with Crippen molar-refractivity contribution >= 4 is 5.78 Å². The van der Waals surface area contributed by atoms with Gasteiger partial charge in [-0.25, -0.2) is 0 Å². The molecule has 0 aromatic rings. The van der Waals surface area contributed by atoms with Crippen molar-refractivity contribution in [2.75, 3.05) is 6.54 Å². The minimum Gasteiger partial charge on any atom is -0.330 e. The van der Waals surface area contributed by atoms with Crippen LogP contribution in [0.25, 0.3) is 0 Å². The summed E-state index contributed by atoms with van der Waals surface area (Å²) < 4.78 is 0. The molecule has 0 saturated heterocycles. The van der Waals surface area contributed by atoms with Crippen LogP contribution in [0, 0.1) is 5.92 Å². The summed E-state index contributed by atoms with van der Waals surface area (Å²) in [6.45, 7) is 4.85. The van der Waals surface area contributed by atoms with E-state index < -0.39 is 0 Å². The van der Waals surface area contributed by atoms with E-state index in [1.807, 2.05) is 6.92 Å². The molecule has 0 saturated carbocycles. The normalized spacial score (nSPS) is 14.6. The van der Waals surface area contributed by atoms with Gasteiger partial charge in [0.25, 0.3) is 0 Å². The number of hydrogen-bond acceptors (Lipinski definition) is 3. The highest BCUT2D eigenvalue weighted by atomic mass is 16.1. The molecule has 3 nitrogen and oxygen atoms in total. The molecule has 0 aliphatic rings. The smallest absolute Gasteiger partial charge is 0.135 e. The van der Waals surface area contributed by atoms with Crippen LogP contribution in [0.15, 0.2) is 0 Å². The molecule has 3 heteroatoms. The molecule has 102 valence electrons. The Morgan fingerprint density at radius 3 is 2.35 bits per heavy atom. The minimum atomic E-state index is 0.218.